The van der Waals surface area contributed by atoms with Crippen LogP contribution in [0.4, 0.5) is 0 Å². The SMILES string of the molecule is CCc1ccnc(C(=O)N2C[C@H]3CN(Cc4ccccc4)C[C@H]3C2)c1. The normalized spacial score (nSPS) is 23.0. The zero-order valence-corrected chi connectivity index (χ0v) is 14.8. The number of likely N-dealkylation sites (tertiary alicyclic amines) is 2. The summed E-state index contributed by atoms with van der Waals surface area (Å²) in [5.41, 5.74) is 3.14. The van der Waals surface area contributed by atoms with Gasteiger partial charge in [0, 0.05) is 38.9 Å². The van der Waals surface area contributed by atoms with Crippen LogP contribution in [-0.4, -0.2) is 46.9 Å². The Kier molecular flexibility index (Phi) is 4.53. The van der Waals surface area contributed by atoms with E-state index < -0.39 is 0 Å². The van der Waals surface area contributed by atoms with E-state index in [-0.39, 0.29) is 5.91 Å². The van der Waals surface area contributed by atoms with E-state index in [0.29, 0.717) is 17.5 Å². The Hall–Kier alpha value is -2.20. The van der Waals surface area contributed by atoms with Crippen molar-refractivity contribution < 1.29 is 4.79 Å². The minimum Gasteiger partial charge on any atom is -0.337 e. The van der Waals surface area contributed by atoms with Crippen molar-refractivity contribution in [2.45, 2.75) is 19.9 Å². The molecule has 0 bridgehead atoms. The summed E-state index contributed by atoms with van der Waals surface area (Å²) in [6.45, 7) is 7.03. The lowest BCUT2D eigenvalue weighted by atomic mass is 10.0. The van der Waals surface area contributed by atoms with Crippen molar-refractivity contribution in [3.63, 3.8) is 0 Å². The quantitative estimate of drug-likeness (QED) is 0.862. The molecule has 0 unspecified atom stereocenters. The van der Waals surface area contributed by atoms with Crippen molar-refractivity contribution in [3.05, 3.63) is 65.5 Å². The summed E-state index contributed by atoms with van der Waals surface area (Å²) >= 11 is 0. The Balaban J connectivity index is 1.36. The van der Waals surface area contributed by atoms with Gasteiger partial charge in [-0.3, -0.25) is 14.7 Å². The number of pyridine rings is 1. The third-order valence-corrected chi connectivity index (χ3v) is 5.55. The summed E-state index contributed by atoms with van der Waals surface area (Å²) in [5.74, 6) is 1.29. The Labute approximate surface area is 149 Å². The van der Waals surface area contributed by atoms with E-state index >= 15 is 0 Å². The third-order valence-electron chi connectivity index (χ3n) is 5.55. The average molecular weight is 335 g/mol. The van der Waals surface area contributed by atoms with Crippen LogP contribution in [0, 0.1) is 11.8 Å². The van der Waals surface area contributed by atoms with Crippen LogP contribution in [0.15, 0.2) is 48.7 Å². The van der Waals surface area contributed by atoms with Crippen LogP contribution >= 0.6 is 0 Å². The van der Waals surface area contributed by atoms with Crippen LogP contribution in [0.5, 0.6) is 0 Å². The molecular weight excluding hydrogens is 310 g/mol. The Morgan fingerprint density at radius 3 is 2.44 bits per heavy atom. The first-order valence-corrected chi connectivity index (χ1v) is 9.23. The minimum atomic E-state index is 0.0966. The summed E-state index contributed by atoms with van der Waals surface area (Å²) in [4.78, 5) is 21.6. The standard InChI is InChI=1S/C21H25N3O/c1-2-16-8-9-22-20(10-16)21(25)24-14-18-12-23(13-19(18)15-24)11-17-6-4-3-5-7-17/h3-10,18-19H,2,11-15H2,1H3/t18-,19+. The smallest absolute Gasteiger partial charge is 0.272 e. The fraction of sp³-hybridized carbons (Fsp3) is 0.429. The molecule has 3 heterocycles. The number of rotatable bonds is 4. The van der Waals surface area contributed by atoms with Gasteiger partial charge in [-0.25, -0.2) is 0 Å². The Bertz CT molecular complexity index is 732. The minimum absolute atomic E-state index is 0.0966. The van der Waals surface area contributed by atoms with Gasteiger partial charge >= 0.3 is 0 Å². The molecule has 130 valence electrons. The third kappa shape index (κ3) is 3.45. The van der Waals surface area contributed by atoms with Gasteiger partial charge in [-0.05, 0) is 41.5 Å². The highest BCUT2D eigenvalue weighted by Gasteiger charge is 2.41. The van der Waals surface area contributed by atoms with Gasteiger partial charge in [-0.1, -0.05) is 37.3 Å². The van der Waals surface area contributed by atoms with Gasteiger partial charge in [0.05, 0.1) is 0 Å². The molecule has 2 saturated heterocycles. The molecule has 1 aromatic heterocycles. The molecule has 2 fully saturated rings. The van der Waals surface area contributed by atoms with Crippen molar-refractivity contribution in [3.8, 4) is 0 Å². The molecule has 4 rings (SSSR count). The molecule has 2 aliphatic rings. The maximum absolute atomic E-state index is 12.8. The first kappa shape index (κ1) is 16.3. The van der Waals surface area contributed by atoms with Gasteiger partial charge in [-0.15, -0.1) is 0 Å². The van der Waals surface area contributed by atoms with E-state index in [0.717, 1.165) is 39.1 Å². The van der Waals surface area contributed by atoms with Crippen LogP contribution in [0.2, 0.25) is 0 Å². The van der Waals surface area contributed by atoms with Crippen LogP contribution in [-0.2, 0) is 13.0 Å². The number of hydrogen-bond acceptors (Lipinski definition) is 3. The lowest BCUT2D eigenvalue weighted by Gasteiger charge is -2.21. The summed E-state index contributed by atoms with van der Waals surface area (Å²) in [6, 6.07) is 14.6. The molecule has 4 nitrogen and oxygen atoms in total. The number of aromatic nitrogens is 1. The molecule has 1 amide bonds. The molecule has 1 aromatic carbocycles. The molecule has 0 radical (unpaired) electrons. The van der Waals surface area contributed by atoms with E-state index in [1.165, 1.54) is 11.1 Å². The second-order valence-corrected chi connectivity index (χ2v) is 7.31. The van der Waals surface area contributed by atoms with Crippen molar-refractivity contribution >= 4 is 5.91 Å². The van der Waals surface area contributed by atoms with Gasteiger partial charge in [0.1, 0.15) is 5.69 Å². The second-order valence-electron chi connectivity index (χ2n) is 7.31. The summed E-state index contributed by atoms with van der Waals surface area (Å²) in [5, 5.41) is 0. The van der Waals surface area contributed by atoms with Gasteiger partial charge in [0.2, 0.25) is 0 Å². The van der Waals surface area contributed by atoms with Crippen LogP contribution in [0.3, 0.4) is 0 Å². The highest BCUT2D eigenvalue weighted by atomic mass is 16.2. The zero-order chi connectivity index (χ0) is 17.2. The number of hydrogen-bond donors (Lipinski definition) is 0. The summed E-state index contributed by atoms with van der Waals surface area (Å²) in [7, 11) is 0. The number of fused-ring (bicyclic) bond motifs is 1. The number of carbonyl (C=O) groups is 1. The molecule has 2 aromatic rings. The average Bonchev–Trinajstić information content (AvgIpc) is 3.20. The van der Waals surface area contributed by atoms with Gasteiger partial charge in [0.15, 0.2) is 0 Å². The molecule has 4 heteroatoms. The molecule has 2 atom stereocenters. The number of aryl methyl sites for hydroxylation is 1. The summed E-state index contributed by atoms with van der Waals surface area (Å²) in [6.07, 6.45) is 2.69. The van der Waals surface area contributed by atoms with E-state index in [1.807, 2.05) is 17.0 Å². The first-order chi connectivity index (χ1) is 12.2. The van der Waals surface area contributed by atoms with E-state index in [4.69, 9.17) is 0 Å². The fourth-order valence-electron chi connectivity index (χ4n) is 4.20. The van der Waals surface area contributed by atoms with Crippen molar-refractivity contribution in [1.29, 1.82) is 0 Å². The van der Waals surface area contributed by atoms with Gasteiger partial charge in [-0.2, -0.15) is 0 Å². The fourth-order valence-corrected chi connectivity index (χ4v) is 4.20. The van der Waals surface area contributed by atoms with Crippen molar-refractivity contribution in [2.75, 3.05) is 26.2 Å². The summed E-state index contributed by atoms with van der Waals surface area (Å²) < 4.78 is 0. The second kappa shape index (κ2) is 6.96. The topological polar surface area (TPSA) is 36.4 Å². The molecule has 0 N–H and O–H groups in total. The molecule has 25 heavy (non-hydrogen) atoms. The van der Waals surface area contributed by atoms with E-state index in [9.17, 15) is 4.79 Å². The lowest BCUT2D eigenvalue weighted by Crippen LogP contribution is -2.33. The van der Waals surface area contributed by atoms with E-state index in [2.05, 4.69) is 47.1 Å². The monoisotopic (exact) mass is 335 g/mol. The van der Waals surface area contributed by atoms with Crippen LogP contribution < -0.4 is 0 Å². The highest BCUT2D eigenvalue weighted by Crippen LogP contribution is 2.32. The molecule has 0 aliphatic carbocycles. The van der Waals surface area contributed by atoms with Gasteiger partial charge in [0.25, 0.3) is 5.91 Å². The lowest BCUT2D eigenvalue weighted by molar-refractivity contribution is 0.0767. The van der Waals surface area contributed by atoms with E-state index in [1.54, 1.807) is 6.20 Å². The molecule has 0 saturated carbocycles. The predicted molar refractivity (Wildman–Crippen MR) is 98.2 cm³/mol. The molecular formula is C21H25N3O. The van der Waals surface area contributed by atoms with Crippen molar-refractivity contribution in [2.24, 2.45) is 11.8 Å². The Morgan fingerprint density at radius 1 is 1.04 bits per heavy atom. The number of amides is 1. The largest absolute Gasteiger partial charge is 0.337 e. The number of benzene rings is 1. The highest BCUT2D eigenvalue weighted by molar-refractivity contribution is 5.92. The van der Waals surface area contributed by atoms with Crippen LogP contribution in [0.25, 0.3) is 0 Å². The number of nitrogens with zero attached hydrogens (tertiary/aromatic N) is 3. The maximum Gasteiger partial charge on any atom is 0.272 e. The maximum atomic E-state index is 12.8. The predicted octanol–water partition coefficient (Wildman–Crippen LogP) is 2.85. The molecule has 2 aliphatic heterocycles. The van der Waals surface area contributed by atoms with Crippen molar-refractivity contribution in [1.82, 2.24) is 14.8 Å². The molecule has 0 spiro atoms. The van der Waals surface area contributed by atoms with Crippen LogP contribution in [0.1, 0.15) is 28.5 Å². The van der Waals surface area contributed by atoms with Gasteiger partial charge < -0.3 is 4.90 Å². The first-order valence-electron chi connectivity index (χ1n) is 9.23. The Morgan fingerprint density at radius 2 is 1.76 bits per heavy atom. The number of carbonyl (C=O) groups excluding carboxylic acids is 1. The zero-order valence-electron chi connectivity index (χ0n) is 14.8.